The minimum atomic E-state index is -1.13. The lowest BCUT2D eigenvalue weighted by Crippen LogP contribution is -2.48. The van der Waals surface area contributed by atoms with E-state index in [0.717, 1.165) is 17.7 Å². The summed E-state index contributed by atoms with van der Waals surface area (Å²) in [4.78, 5) is 48.5. The Hall–Kier alpha value is -2.12. The average molecular weight is 325 g/mol. The van der Waals surface area contributed by atoms with Gasteiger partial charge in [0.05, 0.1) is 0 Å². The van der Waals surface area contributed by atoms with Gasteiger partial charge in [-0.2, -0.15) is 0 Å². The molecule has 0 radical (unpaired) electrons. The number of hydrogen-bond donors (Lipinski definition) is 3. The Morgan fingerprint density at radius 3 is 2.43 bits per heavy atom. The first-order chi connectivity index (χ1) is 10.7. The quantitative estimate of drug-likeness (QED) is 0.614. The Bertz CT molecular complexity index is 525. The second-order valence-electron chi connectivity index (χ2n) is 6.70. The molecule has 0 bridgehead atoms. The molecule has 1 aliphatic heterocycles. The summed E-state index contributed by atoms with van der Waals surface area (Å²) >= 11 is 0. The molecule has 1 saturated carbocycles. The lowest BCUT2D eigenvalue weighted by Gasteiger charge is -2.21. The molecule has 1 aliphatic carbocycles. The monoisotopic (exact) mass is 325 g/mol. The molecule has 23 heavy (non-hydrogen) atoms. The number of hydrogen-bond acceptors (Lipinski definition) is 4. The molecular weight excluding hydrogens is 302 g/mol. The predicted octanol–water partition coefficient (Wildman–Crippen LogP) is 0.467. The van der Waals surface area contributed by atoms with Gasteiger partial charge in [-0.25, -0.2) is 9.59 Å². The van der Waals surface area contributed by atoms with Crippen molar-refractivity contribution in [1.82, 2.24) is 15.5 Å². The van der Waals surface area contributed by atoms with E-state index in [4.69, 9.17) is 5.11 Å². The first-order valence-electron chi connectivity index (χ1n) is 7.91. The smallest absolute Gasteiger partial charge is 0.326 e. The molecule has 0 unspecified atom stereocenters. The Labute approximate surface area is 134 Å². The number of nitrogens with zero attached hydrogens (tertiary/aromatic N) is 1. The summed E-state index contributed by atoms with van der Waals surface area (Å²) in [6, 6.07) is -1.61. The fourth-order valence-corrected chi connectivity index (χ4v) is 3.21. The number of urea groups is 1. The maximum Gasteiger partial charge on any atom is 0.326 e. The van der Waals surface area contributed by atoms with Crippen LogP contribution in [0.15, 0.2) is 0 Å². The summed E-state index contributed by atoms with van der Waals surface area (Å²) in [5.41, 5.74) is -0.860. The first-order valence-corrected chi connectivity index (χ1v) is 7.91. The number of carboxylic acids is 1. The molecule has 128 valence electrons. The molecule has 3 N–H and O–H groups in total. The van der Waals surface area contributed by atoms with Gasteiger partial charge in [0, 0.05) is 0 Å². The standard InChI is InChI=1S/C15H23N3O5/c1-9(2)7-10(12(20)21)16-11(19)8-18-13(22)15(17-14(18)23)5-3-4-6-15/h9-10H,3-8H2,1-2H3,(H,16,19)(H,17,23)(H,20,21)/t10-/m1/s1. The highest BCUT2D eigenvalue weighted by molar-refractivity contribution is 6.09. The van der Waals surface area contributed by atoms with Crippen LogP contribution in [0.4, 0.5) is 4.79 Å². The number of carbonyl (C=O) groups excluding carboxylic acids is 3. The molecule has 1 saturated heterocycles. The largest absolute Gasteiger partial charge is 0.480 e. The van der Waals surface area contributed by atoms with Gasteiger partial charge in [0.2, 0.25) is 5.91 Å². The van der Waals surface area contributed by atoms with E-state index >= 15 is 0 Å². The van der Waals surface area contributed by atoms with Crippen LogP contribution in [0, 0.1) is 5.92 Å². The molecule has 8 heteroatoms. The molecule has 0 aromatic carbocycles. The summed E-state index contributed by atoms with van der Waals surface area (Å²) in [6.07, 6.45) is 3.18. The summed E-state index contributed by atoms with van der Waals surface area (Å²) in [5.74, 6) is -2.06. The van der Waals surface area contributed by atoms with Crippen LogP contribution in [0.5, 0.6) is 0 Å². The van der Waals surface area contributed by atoms with Gasteiger partial charge in [0.25, 0.3) is 5.91 Å². The molecule has 2 rings (SSSR count). The van der Waals surface area contributed by atoms with Crippen LogP contribution in [0.1, 0.15) is 46.0 Å². The molecule has 2 aliphatic rings. The highest BCUT2D eigenvalue weighted by Gasteiger charge is 2.52. The summed E-state index contributed by atoms with van der Waals surface area (Å²) in [5, 5.41) is 14.2. The molecule has 0 aromatic rings. The van der Waals surface area contributed by atoms with Crippen molar-refractivity contribution in [2.24, 2.45) is 5.92 Å². The number of amides is 4. The van der Waals surface area contributed by atoms with Gasteiger partial charge in [-0.05, 0) is 25.2 Å². The predicted molar refractivity (Wildman–Crippen MR) is 80.5 cm³/mol. The van der Waals surface area contributed by atoms with E-state index in [1.54, 1.807) is 0 Å². The van der Waals surface area contributed by atoms with Gasteiger partial charge >= 0.3 is 12.0 Å². The van der Waals surface area contributed by atoms with Crippen molar-refractivity contribution < 1.29 is 24.3 Å². The zero-order valence-electron chi connectivity index (χ0n) is 13.4. The SMILES string of the molecule is CC(C)C[C@@H](NC(=O)CN1C(=O)NC2(CCCC2)C1=O)C(=O)O. The van der Waals surface area contributed by atoms with Crippen LogP contribution in [-0.2, 0) is 14.4 Å². The van der Waals surface area contributed by atoms with E-state index in [-0.39, 0.29) is 18.2 Å². The van der Waals surface area contributed by atoms with Gasteiger partial charge < -0.3 is 15.7 Å². The number of aliphatic carboxylic acids is 1. The Balaban J connectivity index is 1.98. The zero-order valence-corrected chi connectivity index (χ0v) is 13.4. The van der Waals surface area contributed by atoms with Crippen molar-refractivity contribution in [1.29, 1.82) is 0 Å². The minimum Gasteiger partial charge on any atom is -0.480 e. The van der Waals surface area contributed by atoms with Gasteiger partial charge in [-0.15, -0.1) is 0 Å². The van der Waals surface area contributed by atoms with E-state index in [9.17, 15) is 19.2 Å². The molecule has 1 atom stereocenters. The fourth-order valence-electron chi connectivity index (χ4n) is 3.21. The number of rotatable bonds is 6. The highest BCUT2D eigenvalue weighted by atomic mass is 16.4. The van der Waals surface area contributed by atoms with Gasteiger partial charge in [0.1, 0.15) is 18.1 Å². The van der Waals surface area contributed by atoms with Crippen molar-refractivity contribution in [3.05, 3.63) is 0 Å². The van der Waals surface area contributed by atoms with Gasteiger partial charge in [0.15, 0.2) is 0 Å². The van der Waals surface area contributed by atoms with E-state index in [1.165, 1.54) is 0 Å². The average Bonchev–Trinajstić information content (AvgIpc) is 2.99. The van der Waals surface area contributed by atoms with E-state index < -0.39 is 36.0 Å². The van der Waals surface area contributed by atoms with E-state index in [1.807, 2.05) is 13.8 Å². The number of carbonyl (C=O) groups is 4. The van der Waals surface area contributed by atoms with Crippen LogP contribution < -0.4 is 10.6 Å². The van der Waals surface area contributed by atoms with Crippen molar-refractivity contribution in [3.8, 4) is 0 Å². The number of imide groups is 1. The van der Waals surface area contributed by atoms with E-state index in [2.05, 4.69) is 10.6 Å². The Kier molecular flexibility index (Phi) is 4.91. The van der Waals surface area contributed by atoms with Crippen molar-refractivity contribution >= 4 is 23.8 Å². The molecule has 0 aromatic heterocycles. The molecule has 1 spiro atoms. The lowest BCUT2D eigenvalue weighted by atomic mass is 9.98. The second-order valence-corrected chi connectivity index (χ2v) is 6.70. The van der Waals surface area contributed by atoms with Crippen molar-refractivity contribution in [2.75, 3.05) is 6.54 Å². The topological polar surface area (TPSA) is 116 Å². The molecule has 8 nitrogen and oxygen atoms in total. The molecular formula is C15H23N3O5. The van der Waals surface area contributed by atoms with Crippen molar-refractivity contribution in [2.45, 2.75) is 57.5 Å². The van der Waals surface area contributed by atoms with E-state index in [0.29, 0.717) is 12.8 Å². The van der Waals surface area contributed by atoms with Crippen LogP contribution in [0.2, 0.25) is 0 Å². The maximum atomic E-state index is 12.4. The lowest BCUT2D eigenvalue weighted by molar-refractivity contribution is -0.142. The maximum absolute atomic E-state index is 12.4. The molecule has 1 heterocycles. The third-order valence-corrected chi connectivity index (χ3v) is 4.35. The number of nitrogens with one attached hydrogen (secondary N) is 2. The first kappa shape index (κ1) is 17.2. The zero-order chi connectivity index (χ0) is 17.2. The van der Waals surface area contributed by atoms with Crippen LogP contribution in [-0.4, -0.2) is 51.9 Å². The minimum absolute atomic E-state index is 0.0925. The van der Waals surface area contributed by atoms with Crippen LogP contribution in [0.25, 0.3) is 0 Å². The summed E-state index contributed by atoms with van der Waals surface area (Å²) < 4.78 is 0. The Morgan fingerprint density at radius 1 is 1.30 bits per heavy atom. The normalized spacial score (nSPS) is 20.9. The molecule has 2 fully saturated rings. The van der Waals surface area contributed by atoms with Crippen LogP contribution >= 0.6 is 0 Å². The number of carboxylic acid groups (broad SMARTS) is 1. The van der Waals surface area contributed by atoms with Gasteiger partial charge in [-0.1, -0.05) is 26.7 Å². The summed E-state index contributed by atoms with van der Waals surface area (Å²) in [7, 11) is 0. The molecule has 4 amide bonds. The fraction of sp³-hybridized carbons (Fsp3) is 0.733. The summed E-state index contributed by atoms with van der Waals surface area (Å²) in [6.45, 7) is 3.25. The Morgan fingerprint density at radius 2 is 1.91 bits per heavy atom. The van der Waals surface area contributed by atoms with Crippen molar-refractivity contribution in [3.63, 3.8) is 0 Å². The third kappa shape index (κ3) is 3.62. The third-order valence-electron chi connectivity index (χ3n) is 4.35. The highest BCUT2D eigenvalue weighted by Crippen LogP contribution is 2.34. The van der Waals surface area contributed by atoms with Crippen LogP contribution in [0.3, 0.4) is 0 Å². The van der Waals surface area contributed by atoms with Gasteiger partial charge in [-0.3, -0.25) is 14.5 Å². The second kappa shape index (κ2) is 6.55.